The van der Waals surface area contributed by atoms with Crippen molar-refractivity contribution < 1.29 is 15.0 Å². The lowest BCUT2D eigenvalue weighted by Gasteiger charge is -2.40. The minimum atomic E-state index is -0.939. The first kappa shape index (κ1) is 23.6. The Morgan fingerprint density at radius 2 is 1.97 bits per heavy atom. The highest BCUT2D eigenvalue weighted by molar-refractivity contribution is 5.66. The molecule has 2 unspecified atom stereocenters. The Morgan fingerprint density at radius 1 is 1.25 bits per heavy atom. The minimum Gasteiger partial charge on any atom is -0.481 e. The average molecular weight is 436 g/mol. The van der Waals surface area contributed by atoms with Crippen molar-refractivity contribution >= 4 is 17.3 Å². The summed E-state index contributed by atoms with van der Waals surface area (Å²) in [6.07, 6.45) is 3.24. The molecule has 3 rings (SSSR count). The number of carbonyl (C=O) groups is 1. The van der Waals surface area contributed by atoms with Crippen molar-refractivity contribution in [2.45, 2.75) is 70.6 Å². The van der Waals surface area contributed by atoms with Crippen molar-refractivity contribution in [3.8, 4) is 6.07 Å². The summed E-state index contributed by atoms with van der Waals surface area (Å²) >= 11 is 0. The number of hydrogen-bond acceptors (Lipinski definition) is 5. The van der Waals surface area contributed by atoms with Crippen LogP contribution in [-0.2, 0) is 17.6 Å². The third-order valence-electron chi connectivity index (χ3n) is 6.24. The van der Waals surface area contributed by atoms with Crippen LogP contribution in [0.5, 0.6) is 0 Å². The van der Waals surface area contributed by atoms with Crippen LogP contribution < -0.4 is 10.2 Å². The average Bonchev–Trinajstić information content (AvgIpc) is 3.17. The predicted octanol–water partition coefficient (Wildman–Crippen LogP) is 4.36. The summed E-state index contributed by atoms with van der Waals surface area (Å²) in [5.41, 5.74) is 4.15. The van der Waals surface area contributed by atoms with Gasteiger partial charge in [0.25, 0.3) is 0 Å². The topological polar surface area (TPSA) is 96.6 Å². The Hall–Kier alpha value is -3.04. The molecule has 6 heteroatoms. The lowest BCUT2D eigenvalue weighted by atomic mass is 9.91. The molecule has 1 aliphatic rings. The Bertz CT molecular complexity index is 973. The molecule has 0 aromatic heterocycles. The number of carboxylic acids is 1. The molecule has 0 bridgehead atoms. The zero-order valence-corrected chi connectivity index (χ0v) is 19.1. The molecule has 1 aliphatic heterocycles. The number of aryl methyl sites for hydroxylation is 1. The number of anilines is 2. The zero-order valence-electron chi connectivity index (χ0n) is 19.1. The van der Waals surface area contributed by atoms with Crippen LogP contribution in [-0.4, -0.2) is 40.4 Å². The SMILES string of the molecule is CCc1c(CCCC(=O)O)cccc1N1CCC(Nc2ccc(C#N)cc2)C1C(C)(C)O. The molecule has 0 spiro atoms. The fourth-order valence-electron chi connectivity index (χ4n) is 4.91. The molecule has 1 saturated heterocycles. The number of nitrogens with one attached hydrogen (secondary N) is 1. The number of benzene rings is 2. The van der Waals surface area contributed by atoms with Gasteiger partial charge in [-0.3, -0.25) is 4.79 Å². The van der Waals surface area contributed by atoms with E-state index >= 15 is 0 Å². The third kappa shape index (κ3) is 5.41. The monoisotopic (exact) mass is 435 g/mol. The zero-order chi connectivity index (χ0) is 23.3. The van der Waals surface area contributed by atoms with Gasteiger partial charge in [-0.05, 0) is 81.0 Å². The highest BCUT2D eigenvalue weighted by Crippen LogP contribution is 2.37. The van der Waals surface area contributed by atoms with Crippen molar-refractivity contribution in [3.05, 3.63) is 59.2 Å². The maximum atomic E-state index is 11.1. The predicted molar refractivity (Wildman–Crippen MR) is 127 cm³/mol. The quantitative estimate of drug-likeness (QED) is 0.542. The fourth-order valence-corrected chi connectivity index (χ4v) is 4.91. The van der Waals surface area contributed by atoms with E-state index in [1.807, 2.05) is 32.0 Å². The lowest BCUT2D eigenvalue weighted by Crippen LogP contribution is -2.53. The fraction of sp³-hybridized carbons (Fsp3) is 0.462. The molecule has 2 aromatic carbocycles. The Morgan fingerprint density at radius 3 is 2.56 bits per heavy atom. The second-order valence-corrected chi connectivity index (χ2v) is 9.04. The first-order chi connectivity index (χ1) is 15.2. The number of carboxylic acid groups (broad SMARTS) is 1. The number of aliphatic carboxylic acids is 1. The Labute approximate surface area is 190 Å². The largest absolute Gasteiger partial charge is 0.481 e. The molecule has 6 nitrogen and oxygen atoms in total. The summed E-state index contributed by atoms with van der Waals surface area (Å²) in [4.78, 5) is 13.2. The van der Waals surface area contributed by atoms with E-state index in [-0.39, 0.29) is 18.5 Å². The molecular weight excluding hydrogens is 402 g/mol. The molecule has 1 heterocycles. The van der Waals surface area contributed by atoms with Gasteiger partial charge in [0.05, 0.1) is 29.3 Å². The minimum absolute atomic E-state index is 0.0447. The summed E-state index contributed by atoms with van der Waals surface area (Å²) in [7, 11) is 0. The van der Waals surface area contributed by atoms with Crippen molar-refractivity contribution in [2.24, 2.45) is 0 Å². The molecule has 2 aromatic rings. The normalized spacial score (nSPS) is 18.4. The number of aliphatic hydroxyl groups is 1. The van der Waals surface area contributed by atoms with Gasteiger partial charge in [-0.2, -0.15) is 5.26 Å². The summed E-state index contributed by atoms with van der Waals surface area (Å²) < 4.78 is 0. The highest BCUT2D eigenvalue weighted by Gasteiger charge is 2.44. The van der Waals surface area contributed by atoms with E-state index in [4.69, 9.17) is 10.4 Å². The second-order valence-electron chi connectivity index (χ2n) is 9.04. The van der Waals surface area contributed by atoms with E-state index in [9.17, 15) is 9.90 Å². The van der Waals surface area contributed by atoms with E-state index in [1.54, 1.807) is 12.1 Å². The van der Waals surface area contributed by atoms with Crippen LogP contribution in [0.25, 0.3) is 0 Å². The van der Waals surface area contributed by atoms with Gasteiger partial charge in [-0.15, -0.1) is 0 Å². The molecule has 2 atom stereocenters. The van der Waals surface area contributed by atoms with Crippen molar-refractivity contribution in [3.63, 3.8) is 0 Å². The van der Waals surface area contributed by atoms with Crippen LogP contribution >= 0.6 is 0 Å². The lowest BCUT2D eigenvalue weighted by molar-refractivity contribution is -0.137. The first-order valence-electron chi connectivity index (χ1n) is 11.3. The van der Waals surface area contributed by atoms with Gasteiger partial charge >= 0.3 is 5.97 Å². The standard InChI is InChI=1S/C26H33N3O3/c1-4-21-19(8-6-10-24(30)31)7-5-9-23(21)29-16-15-22(25(29)26(2,3)32)28-20-13-11-18(17-27)12-14-20/h5,7,9,11-14,22,25,28,32H,4,6,8,10,15-16H2,1-3H3,(H,30,31). The molecule has 0 aliphatic carbocycles. The van der Waals surface area contributed by atoms with E-state index in [1.165, 1.54) is 11.1 Å². The van der Waals surface area contributed by atoms with Crippen LogP contribution in [0.15, 0.2) is 42.5 Å². The molecule has 170 valence electrons. The number of hydrogen-bond donors (Lipinski definition) is 3. The summed E-state index contributed by atoms with van der Waals surface area (Å²) in [5, 5.41) is 32.7. The molecule has 0 amide bonds. The van der Waals surface area contributed by atoms with Crippen LogP contribution in [0.1, 0.15) is 56.7 Å². The summed E-state index contributed by atoms with van der Waals surface area (Å²) in [6, 6.07) is 15.7. The van der Waals surface area contributed by atoms with Crippen LogP contribution in [0, 0.1) is 11.3 Å². The van der Waals surface area contributed by atoms with Gasteiger partial charge in [-0.1, -0.05) is 19.1 Å². The molecule has 0 radical (unpaired) electrons. The van der Waals surface area contributed by atoms with E-state index in [0.29, 0.717) is 12.0 Å². The smallest absolute Gasteiger partial charge is 0.303 e. The molecule has 0 saturated carbocycles. The van der Waals surface area contributed by atoms with E-state index in [0.717, 1.165) is 37.2 Å². The van der Waals surface area contributed by atoms with Gasteiger partial charge in [0.2, 0.25) is 0 Å². The van der Waals surface area contributed by atoms with E-state index < -0.39 is 11.6 Å². The second kappa shape index (κ2) is 10.1. The third-order valence-corrected chi connectivity index (χ3v) is 6.24. The van der Waals surface area contributed by atoms with Gasteiger partial charge in [0.1, 0.15) is 0 Å². The van der Waals surface area contributed by atoms with Crippen LogP contribution in [0.4, 0.5) is 11.4 Å². The molecule has 1 fully saturated rings. The molecular formula is C26H33N3O3. The van der Waals surface area contributed by atoms with Gasteiger partial charge in [0.15, 0.2) is 0 Å². The molecule has 32 heavy (non-hydrogen) atoms. The maximum absolute atomic E-state index is 11.1. The van der Waals surface area contributed by atoms with Gasteiger partial charge in [0, 0.05) is 24.3 Å². The van der Waals surface area contributed by atoms with Crippen molar-refractivity contribution in [1.29, 1.82) is 5.26 Å². The van der Waals surface area contributed by atoms with Crippen molar-refractivity contribution in [2.75, 3.05) is 16.8 Å². The van der Waals surface area contributed by atoms with Gasteiger partial charge in [-0.25, -0.2) is 0 Å². The number of nitrogens with zero attached hydrogens (tertiary/aromatic N) is 2. The van der Waals surface area contributed by atoms with E-state index in [2.05, 4.69) is 35.3 Å². The highest BCUT2D eigenvalue weighted by atomic mass is 16.4. The Kier molecular flexibility index (Phi) is 7.42. The first-order valence-corrected chi connectivity index (χ1v) is 11.3. The number of rotatable bonds is 9. The van der Waals surface area contributed by atoms with Crippen LogP contribution in [0.3, 0.4) is 0 Å². The maximum Gasteiger partial charge on any atom is 0.303 e. The molecule has 3 N–H and O–H groups in total. The van der Waals surface area contributed by atoms with Gasteiger partial charge < -0.3 is 20.4 Å². The summed E-state index contributed by atoms with van der Waals surface area (Å²) in [5.74, 6) is -0.766. The van der Waals surface area contributed by atoms with Crippen LogP contribution in [0.2, 0.25) is 0 Å². The summed E-state index contributed by atoms with van der Waals surface area (Å²) in [6.45, 7) is 6.65. The Balaban J connectivity index is 1.88. The number of nitriles is 1. The van der Waals surface area contributed by atoms with Crippen molar-refractivity contribution in [1.82, 2.24) is 0 Å².